The van der Waals surface area contributed by atoms with Crippen LogP contribution in [0.1, 0.15) is 84.6 Å². The maximum atomic E-state index is 14.8. The molecule has 7 heteroatoms. The minimum absolute atomic E-state index is 0. The van der Waals surface area contributed by atoms with Crippen molar-refractivity contribution >= 4 is 44.6 Å². The first-order valence-electron chi connectivity index (χ1n) is 21.1. The van der Waals surface area contributed by atoms with Gasteiger partial charge < -0.3 is 19.1 Å². The van der Waals surface area contributed by atoms with Crippen molar-refractivity contribution in [1.29, 1.82) is 0 Å². The largest absolute Gasteiger partial charge is 0.509 e. The molecule has 1 aliphatic rings. The molecule has 5 nitrogen and oxygen atoms in total. The molecule has 0 saturated heterocycles. The van der Waals surface area contributed by atoms with E-state index in [0.29, 0.717) is 11.5 Å². The molecule has 0 spiro atoms. The molecule has 0 N–H and O–H groups in total. The number of benzene rings is 6. The van der Waals surface area contributed by atoms with Gasteiger partial charge in [-0.3, -0.25) is 0 Å². The van der Waals surface area contributed by atoms with Crippen LogP contribution in [0.2, 0.25) is 0 Å². The third-order valence-electron chi connectivity index (χ3n) is 11.8. The van der Waals surface area contributed by atoms with Gasteiger partial charge >= 0.3 is 0 Å². The van der Waals surface area contributed by atoms with E-state index in [-0.39, 0.29) is 43.1 Å². The molecule has 0 aliphatic carbocycles. The molecule has 62 heavy (non-hydrogen) atoms. The molecule has 1 aliphatic heterocycles. The second kappa shape index (κ2) is 15.9. The van der Waals surface area contributed by atoms with Gasteiger partial charge in [0.25, 0.3) is 0 Å². The summed E-state index contributed by atoms with van der Waals surface area (Å²) in [5.41, 5.74) is 12.9. The quantitative estimate of drug-likeness (QED) is 0.155. The first kappa shape index (κ1) is 43.0. The van der Waals surface area contributed by atoms with Gasteiger partial charge in [-0.1, -0.05) is 110 Å². The number of aromatic nitrogens is 2. The van der Waals surface area contributed by atoms with E-state index in [1.165, 1.54) is 22.8 Å². The molecule has 8 aromatic rings. The first-order chi connectivity index (χ1) is 28.9. The number of ether oxygens (including phenoxy) is 1. The first-order valence-corrected chi connectivity index (χ1v) is 21.1. The molecule has 0 atom stereocenters. The van der Waals surface area contributed by atoms with Crippen molar-refractivity contribution in [3.05, 3.63) is 174 Å². The molecule has 6 aromatic carbocycles. The number of pyridine rings is 1. The van der Waals surface area contributed by atoms with Crippen LogP contribution in [-0.2, 0) is 37.3 Å². The molecule has 0 radical (unpaired) electrons. The predicted octanol–water partition coefficient (Wildman–Crippen LogP) is 15.0. The van der Waals surface area contributed by atoms with Crippen molar-refractivity contribution < 1.29 is 30.2 Å². The summed E-state index contributed by atoms with van der Waals surface area (Å²) in [6.07, 6.45) is 1.93. The van der Waals surface area contributed by atoms with Crippen molar-refractivity contribution in [2.24, 2.45) is 0 Å². The van der Waals surface area contributed by atoms with Crippen molar-refractivity contribution in [1.82, 2.24) is 9.55 Å². The fraction of sp³-hybridized carbons (Fsp3) is 0.236. The van der Waals surface area contributed by atoms with E-state index < -0.39 is 0 Å². The number of halogens is 1. The van der Waals surface area contributed by atoms with Gasteiger partial charge in [0.2, 0.25) is 0 Å². The van der Waals surface area contributed by atoms with Crippen LogP contribution < -0.4 is 14.5 Å². The average molecular weight is 999 g/mol. The van der Waals surface area contributed by atoms with Crippen molar-refractivity contribution in [2.75, 3.05) is 9.80 Å². The summed E-state index contributed by atoms with van der Waals surface area (Å²) in [5, 5.41) is 1.64. The smallest absolute Gasteiger partial charge is 0.135 e. The van der Waals surface area contributed by atoms with Crippen molar-refractivity contribution in [3.63, 3.8) is 0 Å². The number of nitrogens with zero attached hydrogens (tertiary/aromatic N) is 4. The zero-order valence-corrected chi connectivity index (χ0v) is 39.4. The van der Waals surface area contributed by atoms with Crippen LogP contribution in [-0.4, -0.2) is 9.55 Å². The van der Waals surface area contributed by atoms with Crippen LogP contribution in [0.25, 0.3) is 38.8 Å². The molecule has 2 aromatic heterocycles. The van der Waals surface area contributed by atoms with Crippen molar-refractivity contribution in [3.8, 4) is 28.4 Å². The van der Waals surface area contributed by atoms with Gasteiger partial charge in [0.05, 0.1) is 0 Å². The summed E-state index contributed by atoms with van der Waals surface area (Å²) >= 11 is 0. The molecule has 318 valence electrons. The topological polar surface area (TPSA) is 33.5 Å². The molecule has 0 unspecified atom stereocenters. The molecule has 0 saturated carbocycles. The molecule has 3 heterocycles. The summed E-state index contributed by atoms with van der Waals surface area (Å²) in [6.45, 7) is 24.5. The second-order valence-corrected chi connectivity index (χ2v) is 19.4. The summed E-state index contributed by atoms with van der Waals surface area (Å²) in [6, 6.07) is 48.0. The Labute approximate surface area is 380 Å². The van der Waals surface area contributed by atoms with Gasteiger partial charge in [-0.15, -0.1) is 48.1 Å². The molecule has 9 rings (SSSR count). The zero-order valence-electron chi connectivity index (χ0n) is 37.1. The molecular weight excluding hydrogens is 947 g/mol. The van der Waals surface area contributed by atoms with E-state index in [2.05, 4.69) is 171 Å². The molecule has 0 bridgehead atoms. The van der Waals surface area contributed by atoms with Gasteiger partial charge in [0.15, 0.2) is 0 Å². The Morgan fingerprint density at radius 1 is 0.613 bits per heavy atom. The van der Waals surface area contributed by atoms with Crippen LogP contribution in [0.4, 0.5) is 27.1 Å². The fourth-order valence-corrected chi connectivity index (χ4v) is 8.19. The van der Waals surface area contributed by atoms with Crippen LogP contribution in [0.3, 0.4) is 0 Å². The fourth-order valence-electron chi connectivity index (χ4n) is 8.19. The van der Waals surface area contributed by atoms with E-state index in [1.54, 1.807) is 6.07 Å². The Morgan fingerprint density at radius 3 is 1.90 bits per heavy atom. The van der Waals surface area contributed by atoms with Gasteiger partial charge in [-0.05, 0) is 105 Å². The number of hydrogen-bond donors (Lipinski definition) is 0. The monoisotopic (exact) mass is 998 g/mol. The molecule has 0 fully saturated rings. The predicted molar refractivity (Wildman–Crippen MR) is 250 cm³/mol. The van der Waals surface area contributed by atoms with E-state index >= 15 is 0 Å². The maximum absolute atomic E-state index is 14.8. The zero-order chi connectivity index (χ0) is 43.0. The third-order valence-corrected chi connectivity index (χ3v) is 11.8. The number of rotatable bonds is 6. The molecule has 0 amide bonds. The SMILES string of the molecule is Cc1cc(-n2c3[c-]c(Oc4[c-]c(N5[CH-]N(c6cc(C(C)(C)C)cc(C(C)(C)C)c6)c6ccccc65)ccc4)ccc3c3cc(F)ccc32)ncc1-c1ccc(C(C)(C)C)cc1.[Pt]. The van der Waals surface area contributed by atoms with Crippen molar-refractivity contribution in [2.45, 2.75) is 85.5 Å². The number of anilines is 4. The van der Waals surface area contributed by atoms with E-state index in [1.807, 2.05) is 47.2 Å². The summed E-state index contributed by atoms with van der Waals surface area (Å²) < 4.78 is 23.4. The average Bonchev–Trinajstić information content (AvgIpc) is 3.76. The Bertz CT molecular complexity index is 2930. The normalized spacial score (nSPS) is 13.1. The van der Waals surface area contributed by atoms with Crippen LogP contribution in [0, 0.1) is 31.5 Å². The van der Waals surface area contributed by atoms with Gasteiger partial charge in [0.1, 0.15) is 11.6 Å². The van der Waals surface area contributed by atoms with Gasteiger partial charge in [-0.25, -0.2) is 9.37 Å². The minimum atomic E-state index is -0.299. The van der Waals surface area contributed by atoms with Gasteiger partial charge in [0, 0.05) is 66.9 Å². The van der Waals surface area contributed by atoms with E-state index in [0.717, 1.165) is 67.1 Å². The van der Waals surface area contributed by atoms with Crippen LogP contribution in [0.5, 0.6) is 11.5 Å². The van der Waals surface area contributed by atoms with E-state index in [9.17, 15) is 4.39 Å². The minimum Gasteiger partial charge on any atom is -0.509 e. The summed E-state index contributed by atoms with van der Waals surface area (Å²) in [7, 11) is 0. The van der Waals surface area contributed by atoms with Crippen LogP contribution in [0.15, 0.2) is 128 Å². The van der Waals surface area contributed by atoms with E-state index in [4.69, 9.17) is 9.72 Å². The third kappa shape index (κ3) is 8.06. The Hall–Kier alpha value is -5.71. The second-order valence-electron chi connectivity index (χ2n) is 19.4. The van der Waals surface area contributed by atoms with Gasteiger partial charge in [-0.2, -0.15) is 12.1 Å². The van der Waals surface area contributed by atoms with Crippen LogP contribution >= 0.6 is 0 Å². The maximum Gasteiger partial charge on any atom is 0.135 e. The Morgan fingerprint density at radius 2 is 1.26 bits per heavy atom. The number of para-hydroxylation sites is 2. The molecular formula is C55H52FN4OPt-3. The Balaban J connectivity index is 0.00000529. The summed E-state index contributed by atoms with van der Waals surface area (Å²) in [5.74, 6) is 1.48. The standard InChI is InChI=1S/C55H52FN4O.Pt/c1-35-26-52(57-33-47(35)36-18-20-37(21-19-36)53(2,3)4)60-48-25-22-40(56)30-46(48)45-24-23-44(32-51(45)60)61-43-15-13-14-41(31-43)58-34-59(50-17-12-11-16-49(50)58)42-28-38(54(5,6)7)27-39(29-42)55(8,9)10;/h11-30,33-34H,1-10H3;/q-3;. The Kier molecular flexibility index (Phi) is 11.0. The summed E-state index contributed by atoms with van der Waals surface area (Å²) in [4.78, 5) is 9.43. The number of aryl methyl sites for hydroxylation is 1. The number of hydrogen-bond acceptors (Lipinski definition) is 4. The number of fused-ring (bicyclic) bond motifs is 4.